The summed E-state index contributed by atoms with van der Waals surface area (Å²) in [5, 5.41) is 11.4. The number of methoxy groups -OCH3 is 1. The van der Waals surface area contributed by atoms with Crippen LogP contribution < -0.4 is 10.6 Å². The fourth-order valence-corrected chi connectivity index (χ4v) is 3.69. The summed E-state index contributed by atoms with van der Waals surface area (Å²) in [4.78, 5) is 13.6. The molecule has 154 valence electrons. The monoisotopic (exact) mass is 396 g/mol. The summed E-state index contributed by atoms with van der Waals surface area (Å²) in [5.41, 5.74) is 3.27. The molecule has 29 heavy (non-hydrogen) atoms. The van der Waals surface area contributed by atoms with Crippen molar-refractivity contribution in [3.05, 3.63) is 47.4 Å². The molecule has 9 nitrogen and oxygen atoms in total. The van der Waals surface area contributed by atoms with Crippen LogP contribution in [0.15, 0.2) is 29.5 Å². The first kappa shape index (κ1) is 19.4. The number of nitrogens with one attached hydrogen (secondary N) is 2. The lowest BCUT2D eigenvalue weighted by Gasteiger charge is -2.25. The number of rotatable bonds is 6. The molecule has 4 heterocycles. The van der Waals surface area contributed by atoms with Crippen molar-refractivity contribution in [3.8, 4) is 0 Å². The van der Waals surface area contributed by atoms with Crippen LogP contribution in [0, 0.1) is 6.92 Å². The number of imidazole rings is 1. The van der Waals surface area contributed by atoms with Crippen LogP contribution in [0.5, 0.6) is 0 Å². The van der Waals surface area contributed by atoms with E-state index in [2.05, 4.69) is 49.3 Å². The van der Waals surface area contributed by atoms with Gasteiger partial charge in [-0.2, -0.15) is 5.10 Å². The number of fused-ring (bicyclic) bond motifs is 2. The van der Waals surface area contributed by atoms with Crippen LogP contribution in [0.3, 0.4) is 0 Å². The minimum atomic E-state index is 0.267. The van der Waals surface area contributed by atoms with E-state index in [4.69, 9.17) is 9.72 Å². The minimum absolute atomic E-state index is 0.267. The Morgan fingerprint density at radius 3 is 3.07 bits per heavy atom. The highest BCUT2D eigenvalue weighted by Gasteiger charge is 2.22. The Morgan fingerprint density at radius 1 is 1.38 bits per heavy atom. The Bertz CT molecular complexity index is 1010. The van der Waals surface area contributed by atoms with Crippen molar-refractivity contribution in [1.82, 2.24) is 34.8 Å². The van der Waals surface area contributed by atoms with Crippen molar-refractivity contribution >= 4 is 11.6 Å². The number of hydrogen-bond acceptors (Lipinski definition) is 5. The summed E-state index contributed by atoms with van der Waals surface area (Å²) < 4.78 is 9.18. The van der Waals surface area contributed by atoms with E-state index in [9.17, 15) is 0 Å². The number of hydrogen-bond donors (Lipinski definition) is 2. The summed E-state index contributed by atoms with van der Waals surface area (Å²) >= 11 is 0. The van der Waals surface area contributed by atoms with Gasteiger partial charge in [-0.1, -0.05) is 6.07 Å². The largest absolute Gasteiger partial charge is 0.377 e. The fourth-order valence-electron chi connectivity index (χ4n) is 3.69. The maximum Gasteiger partial charge on any atom is 0.191 e. The number of aryl methyl sites for hydroxylation is 2. The van der Waals surface area contributed by atoms with Gasteiger partial charge in [0, 0.05) is 52.0 Å². The highest BCUT2D eigenvalue weighted by Crippen LogP contribution is 2.13. The number of nitrogens with zero attached hydrogens (tertiary/aromatic N) is 6. The van der Waals surface area contributed by atoms with Crippen LogP contribution in [-0.2, 0) is 30.7 Å². The summed E-state index contributed by atoms with van der Waals surface area (Å²) in [6, 6.07) is 4.39. The molecule has 0 saturated carbocycles. The van der Waals surface area contributed by atoms with E-state index in [0.717, 1.165) is 61.3 Å². The van der Waals surface area contributed by atoms with Crippen molar-refractivity contribution in [1.29, 1.82) is 0 Å². The van der Waals surface area contributed by atoms with Gasteiger partial charge in [-0.15, -0.1) is 0 Å². The van der Waals surface area contributed by atoms with Gasteiger partial charge in [0.1, 0.15) is 18.1 Å². The van der Waals surface area contributed by atoms with Crippen molar-refractivity contribution in [2.75, 3.05) is 20.7 Å². The molecular weight excluding hydrogens is 368 g/mol. The topological polar surface area (TPSA) is 93.7 Å². The number of ether oxygens (including phenoxy) is 1. The second kappa shape index (κ2) is 8.60. The zero-order chi connectivity index (χ0) is 20.2. The Hall–Kier alpha value is -2.94. The Labute approximate surface area is 170 Å². The second-order valence-corrected chi connectivity index (χ2v) is 7.34. The molecule has 0 aliphatic carbocycles. The molecule has 0 bridgehead atoms. The van der Waals surface area contributed by atoms with Gasteiger partial charge in [-0.05, 0) is 25.0 Å². The summed E-state index contributed by atoms with van der Waals surface area (Å²) in [6.07, 6.45) is 6.85. The van der Waals surface area contributed by atoms with E-state index < -0.39 is 0 Å². The molecule has 0 aromatic carbocycles. The molecule has 3 aromatic rings. The van der Waals surface area contributed by atoms with Gasteiger partial charge in [0.15, 0.2) is 11.8 Å². The van der Waals surface area contributed by atoms with Gasteiger partial charge in [-0.3, -0.25) is 4.99 Å². The number of guanidine groups is 1. The molecule has 0 saturated heterocycles. The lowest BCUT2D eigenvalue weighted by atomic mass is 10.1. The van der Waals surface area contributed by atoms with Crippen LogP contribution in [0.25, 0.3) is 5.65 Å². The average molecular weight is 396 g/mol. The predicted octanol–water partition coefficient (Wildman–Crippen LogP) is 1.10. The van der Waals surface area contributed by atoms with E-state index in [-0.39, 0.29) is 6.04 Å². The van der Waals surface area contributed by atoms with Crippen molar-refractivity contribution < 1.29 is 4.74 Å². The summed E-state index contributed by atoms with van der Waals surface area (Å²) in [6.45, 7) is 4.07. The molecule has 0 radical (unpaired) electrons. The lowest BCUT2D eigenvalue weighted by Crippen LogP contribution is -2.47. The molecule has 0 spiro atoms. The molecule has 0 fully saturated rings. The molecule has 3 aromatic heterocycles. The molecule has 4 rings (SSSR count). The highest BCUT2D eigenvalue weighted by molar-refractivity contribution is 5.79. The SMILES string of the molecule is CN=C(NCCc1cn2cccc(C)c2n1)NC1CCc2nc(COC)nn2C1. The van der Waals surface area contributed by atoms with Crippen LogP contribution in [0.1, 0.15) is 29.3 Å². The van der Waals surface area contributed by atoms with Gasteiger partial charge < -0.3 is 19.8 Å². The van der Waals surface area contributed by atoms with Gasteiger partial charge >= 0.3 is 0 Å². The zero-order valence-electron chi connectivity index (χ0n) is 17.2. The Kier molecular flexibility index (Phi) is 5.75. The number of aliphatic imine (C=N–C) groups is 1. The normalized spacial score (nSPS) is 16.8. The van der Waals surface area contributed by atoms with Gasteiger partial charge in [0.2, 0.25) is 0 Å². The minimum Gasteiger partial charge on any atom is -0.377 e. The Balaban J connectivity index is 1.30. The average Bonchev–Trinajstić information content (AvgIpc) is 3.31. The second-order valence-electron chi connectivity index (χ2n) is 7.34. The van der Waals surface area contributed by atoms with E-state index in [1.807, 2.05) is 16.9 Å². The van der Waals surface area contributed by atoms with Crippen LogP contribution in [0.2, 0.25) is 0 Å². The van der Waals surface area contributed by atoms with E-state index in [0.29, 0.717) is 6.61 Å². The predicted molar refractivity (Wildman–Crippen MR) is 111 cm³/mol. The van der Waals surface area contributed by atoms with Gasteiger partial charge in [0.25, 0.3) is 0 Å². The van der Waals surface area contributed by atoms with Crippen LogP contribution >= 0.6 is 0 Å². The van der Waals surface area contributed by atoms with Gasteiger partial charge in [0.05, 0.1) is 12.2 Å². The van der Waals surface area contributed by atoms with E-state index >= 15 is 0 Å². The van der Waals surface area contributed by atoms with Crippen LogP contribution in [0.4, 0.5) is 0 Å². The first-order chi connectivity index (χ1) is 14.2. The third kappa shape index (κ3) is 4.40. The number of aromatic nitrogens is 5. The first-order valence-electron chi connectivity index (χ1n) is 9.98. The molecule has 9 heteroatoms. The molecule has 1 unspecified atom stereocenters. The van der Waals surface area contributed by atoms with Crippen LogP contribution in [-0.4, -0.2) is 56.9 Å². The van der Waals surface area contributed by atoms with Crippen molar-refractivity contribution in [2.24, 2.45) is 4.99 Å². The van der Waals surface area contributed by atoms with Crippen molar-refractivity contribution in [3.63, 3.8) is 0 Å². The summed E-state index contributed by atoms with van der Waals surface area (Å²) in [7, 11) is 3.46. The Morgan fingerprint density at radius 2 is 2.28 bits per heavy atom. The van der Waals surface area contributed by atoms with Crippen molar-refractivity contribution in [2.45, 2.75) is 45.4 Å². The third-order valence-corrected chi connectivity index (χ3v) is 5.14. The fraction of sp³-hybridized carbons (Fsp3) is 0.500. The standard InChI is InChI=1S/C20H28N8O/c1-14-5-4-10-27-11-16(23-19(14)27)8-9-22-20(21-2)24-15-6-7-18-25-17(13-29-3)26-28(18)12-15/h4-5,10-11,15H,6-9,12-13H2,1-3H3,(H2,21,22,24). The van der Waals surface area contributed by atoms with Gasteiger partial charge in [-0.25, -0.2) is 14.6 Å². The highest BCUT2D eigenvalue weighted by atomic mass is 16.5. The summed E-state index contributed by atoms with van der Waals surface area (Å²) in [5.74, 6) is 2.57. The van der Waals surface area contributed by atoms with E-state index in [1.54, 1.807) is 14.2 Å². The quantitative estimate of drug-likeness (QED) is 0.479. The maximum absolute atomic E-state index is 5.13. The molecular formula is C20H28N8O. The smallest absolute Gasteiger partial charge is 0.191 e. The molecule has 1 aliphatic rings. The molecule has 1 atom stereocenters. The molecule has 1 aliphatic heterocycles. The first-order valence-corrected chi connectivity index (χ1v) is 9.98. The molecule has 0 amide bonds. The lowest BCUT2D eigenvalue weighted by molar-refractivity contribution is 0.177. The zero-order valence-corrected chi connectivity index (χ0v) is 17.2. The number of pyridine rings is 1. The molecule has 2 N–H and O–H groups in total. The third-order valence-electron chi connectivity index (χ3n) is 5.14. The van der Waals surface area contributed by atoms with E-state index in [1.165, 1.54) is 5.56 Å². The maximum atomic E-state index is 5.13.